The Bertz CT molecular complexity index is 768. The summed E-state index contributed by atoms with van der Waals surface area (Å²) in [7, 11) is 0. The second-order valence-electron chi connectivity index (χ2n) is 8.52. The van der Waals surface area contributed by atoms with E-state index in [1.807, 2.05) is 0 Å². The fraction of sp³-hybridized carbons (Fsp3) is 0.600. The third kappa shape index (κ3) is 4.60. The molecule has 1 heterocycles. The first-order valence-electron chi connectivity index (χ1n) is 10.0. The molecule has 4 fully saturated rings. The standard InChI is InChI=1S/C20H25N3O6/c24-16(11-29-17(25)10-21-18(26)15-2-1-3-28-15)22-19(27)23-20-7-12-4-13(8-20)6-14(5-12)9-20/h1-3,12-14H,4-11H2,(H,21,26)(H2,22,23,24,27). The van der Waals surface area contributed by atoms with E-state index in [1.54, 1.807) is 6.07 Å². The molecule has 3 N–H and O–H groups in total. The van der Waals surface area contributed by atoms with Gasteiger partial charge in [-0.3, -0.25) is 19.7 Å². The van der Waals surface area contributed by atoms with Crippen molar-refractivity contribution in [1.29, 1.82) is 0 Å². The van der Waals surface area contributed by atoms with Crippen molar-refractivity contribution in [2.75, 3.05) is 13.2 Å². The molecular formula is C20H25N3O6. The maximum Gasteiger partial charge on any atom is 0.325 e. The van der Waals surface area contributed by atoms with Crippen LogP contribution in [0.2, 0.25) is 0 Å². The summed E-state index contributed by atoms with van der Waals surface area (Å²) in [4.78, 5) is 47.5. The highest BCUT2D eigenvalue weighted by Gasteiger charge is 2.51. The lowest BCUT2D eigenvalue weighted by atomic mass is 9.53. The van der Waals surface area contributed by atoms with E-state index < -0.39 is 37.0 Å². The lowest BCUT2D eigenvalue weighted by molar-refractivity contribution is -0.147. The highest BCUT2D eigenvalue weighted by Crippen LogP contribution is 2.55. The predicted molar refractivity (Wildman–Crippen MR) is 99.6 cm³/mol. The number of hydrogen-bond donors (Lipinski definition) is 3. The van der Waals surface area contributed by atoms with Crippen LogP contribution in [0.3, 0.4) is 0 Å². The van der Waals surface area contributed by atoms with Crippen molar-refractivity contribution in [2.45, 2.75) is 44.1 Å². The fourth-order valence-corrected chi connectivity index (χ4v) is 5.54. The van der Waals surface area contributed by atoms with Gasteiger partial charge in [0.05, 0.1) is 6.26 Å². The summed E-state index contributed by atoms with van der Waals surface area (Å²) in [6, 6.07) is 2.46. The Labute approximate surface area is 167 Å². The Morgan fingerprint density at radius 2 is 1.72 bits per heavy atom. The summed E-state index contributed by atoms with van der Waals surface area (Å²) < 4.78 is 9.69. The molecule has 4 aliphatic carbocycles. The van der Waals surface area contributed by atoms with Crippen LogP contribution in [0.25, 0.3) is 0 Å². The van der Waals surface area contributed by atoms with Crippen LogP contribution in [0, 0.1) is 17.8 Å². The van der Waals surface area contributed by atoms with Crippen LogP contribution in [-0.4, -0.2) is 42.5 Å². The van der Waals surface area contributed by atoms with Crippen molar-refractivity contribution in [3.05, 3.63) is 24.2 Å². The molecule has 5 rings (SSSR count). The van der Waals surface area contributed by atoms with Crippen LogP contribution >= 0.6 is 0 Å². The highest BCUT2D eigenvalue weighted by molar-refractivity contribution is 5.96. The van der Waals surface area contributed by atoms with Crippen LogP contribution < -0.4 is 16.0 Å². The molecule has 4 aliphatic rings. The number of rotatable bonds is 6. The molecule has 0 unspecified atom stereocenters. The molecule has 0 aromatic carbocycles. The highest BCUT2D eigenvalue weighted by atomic mass is 16.5. The van der Waals surface area contributed by atoms with E-state index >= 15 is 0 Å². The molecule has 156 valence electrons. The van der Waals surface area contributed by atoms with E-state index in [0.29, 0.717) is 17.8 Å². The third-order valence-corrected chi connectivity index (χ3v) is 6.17. The maximum atomic E-state index is 12.3. The van der Waals surface area contributed by atoms with Crippen LogP contribution in [0.4, 0.5) is 4.79 Å². The molecule has 9 nitrogen and oxygen atoms in total. The first kappa shape index (κ1) is 19.5. The molecule has 0 aliphatic heterocycles. The van der Waals surface area contributed by atoms with Gasteiger partial charge in [-0.15, -0.1) is 0 Å². The topological polar surface area (TPSA) is 127 Å². The third-order valence-electron chi connectivity index (χ3n) is 6.17. The van der Waals surface area contributed by atoms with Gasteiger partial charge in [0.1, 0.15) is 6.54 Å². The molecule has 9 heteroatoms. The largest absolute Gasteiger partial charge is 0.459 e. The van der Waals surface area contributed by atoms with E-state index in [0.717, 1.165) is 19.3 Å². The average Bonchev–Trinajstić information content (AvgIpc) is 3.17. The zero-order chi connectivity index (χ0) is 20.4. The first-order chi connectivity index (χ1) is 13.9. The Balaban J connectivity index is 1.16. The minimum Gasteiger partial charge on any atom is -0.459 e. The Hall–Kier alpha value is -2.84. The molecule has 4 bridgehead atoms. The van der Waals surface area contributed by atoms with E-state index in [-0.39, 0.29) is 11.3 Å². The van der Waals surface area contributed by atoms with Gasteiger partial charge in [0.2, 0.25) is 0 Å². The summed E-state index contributed by atoms with van der Waals surface area (Å²) >= 11 is 0. The van der Waals surface area contributed by atoms with Gasteiger partial charge in [-0.1, -0.05) is 0 Å². The zero-order valence-electron chi connectivity index (χ0n) is 16.1. The number of amides is 4. The van der Waals surface area contributed by atoms with E-state index in [4.69, 9.17) is 9.15 Å². The normalized spacial score (nSPS) is 29.2. The van der Waals surface area contributed by atoms with Gasteiger partial charge in [-0.05, 0) is 68.4 Å². The molecular weight excluding hydrogens is 378 g/mol. The van der Waals surface area contributed by atoms with Crippen LogP contribution in [0.15, 0.2) is 22.8 Å². The van der Waals surface area contributed by atoms with Gasteiger partial charge < -0.3 is 19.8 Å². The molecule has 0 spiro atoms. The zero-order valence-corrected chi connectivity index (χ0v) is 16.1. The summed E-state index contributed by atoms with van der Waals surface area (Å²) in [5.41, 5.74) is -0.202. The van der Waals surface area contributed by atoms with Crippen molar-refractivity contribution >= 4 is 23.8 Å². The van der Waals surface area contributed by atoms with Gasteiger partial charge in [-0.25, -0.2) is 4.79 Å². The lowest BCUT2D eigenvalue weighted by Crippen LogP contribution is -2.62. The van der Waals surface area contributed by atoms with Gasteiger partial charge >= 0.3 is 12.0 Å². The minimum atomic E-state index is -0.790. The van der Waals surface area contributed by atoms with Crippen molar-refractivity contribution < 1.29 is 28.3 Å². The molecule has 0 atom stereocenters. The van der Waals surface area contributed by atoms with Crippen molar-refractivity contribution in [2.24, 2.45) is 17.8 Å². The Morgan fingerprint density at radius 3 is 2.31 bits per heavy atom. The number of furan rings is 1. The number of esters is 1. The lowest BCUT2D eigenvalue weighted by Gasteiger charge is -2.56. The fourth-order valence-electron chi connectivity index (χ4n) is 5.54. The number of hydrogen-bond acceptors (Lipinski definition) is 6. The number of ether oxygens (including phenoxy) is 1. The van der Waals surface area contributed by atoms with E-state index in [1.165, 1.54) is 31.6 Å². The molecule has 4 amide bonds. The Morgan fingerprint density at radius 1 is 1.07 bits per heavy atom. The summed E-state index contributed by atoms with van der Waals surface area (Å²) in [6.07, 6.45) is 8.04. The number of carbonyl (C=O) groups excluding carboxylic acids is 4. The second kappa shape index (κ2) is 7.88. The van der Waals surface area contributed by atoms with Crippen LogP contribution in [0.5, 0.6) is 0 Å². The SMILES string of the molecule is O=C(COC(=O)CNC(=O)c1ccco1)NC(=O)NC12CC3CC(CC(C3)C1)C2. The summed E-state index contributed by atoms with van der Waals surface area (Å²) in [5.74, 6) is 0.0292. The van der Waals surface area contributed by atoms with Crippen molar-refractivity contribution in [3.63, 3.8) is 0 Å². The molecule has 0 radical (unpaired) electrons. The molecule has 0 saturated heterocycles. The minimum absolute atomic E-state index is 0.0666. The monoisotopic (exact) mass is 403 g/mol. The quantitative estimate of drug-likeness (QED) is 0.616. The van der Waals surface area contributed by atoms with Crippen molar-refractivity contribution in [1.82, 2.24) is 16.0 Å². The van der Waals surface area contributed by atoms with E-state index in [9.17, 15) is 19.2 Å². The van der Waals surface area contributed by atoms with Crippen LogP contribution in [-0.2, 0) is 14.3 Å². The summed E-state index contributed by atoms with van der Waals surface area (Å²) in [6.45, 7) is -1.00. The number of imide groups is 1. The first-order valence-corrected chi connectivity index (χ1v) is 10.0. The molecule has 1 aromatic rings. The second-order valence-corrected chi connectivity index (χ2v) is 8.52. The number of nitrogens with one attached hydrogen (secondary N) is 3. The summed E-state index contributed by atoms with van der Waals surface area (Å²) in [5, 5.41) is 7.57. The van der Waals surface area contributed by atoms with Gasteiger partial charge in [0.15, 0.2) is 12.4 Å². The molecule has 4 saturated carbocycles. The average molecular weight is 403 g/mol. The van der Waals surface area contributed by atoms with Gasteiger partial charge in [0.25, 0.3) is 11.8 Å². The number of urea groups is 1. The predicted octanol–water partition coefficient (Wildman–Crippen LogP) is 1.35. The maximum absolute atomic E-state index is 12.3. The van der Waals surface area contributed by atoms with E-state index in [2.05, 4.69) is 16.0 Å². The van der Waals surface area contributed by atoms with Crippen LogP contribution in [0.1, 0.15) is 49.1 Å². The smallest absolute Gasteiger partial charge is 0.325 e. The van der Waals surface area contributed by atoms with Gasteiger partial charge in [-0.2, -0.15) is 0 Å². The van der Waals surface area contributed by atoms with Gasteiger partial charge in [0, 0.05) is 5.54 Å². The molecule has 29 heavy (non-hydrogen) atoms. The van der Waals surface area contributed by atoms with Crippen molar-refractivity contribution in [3.8, 4) is 0 Å². The molecule has 1 aromatic heterocycles. The Kier molecular flexibility index (Phi) is 5.29. The number of carbonyl (C=O) groups is 4.